The molecule has 3 nitrogen and oxygen atoms in total. The minimum Gasteiger partial charge on any atom is -0.383 e. The third-order valence-electron chi connectivity index (χ3n) is 4.32. The Hall–Kier alpha value is -0.460. The number of aromatic nitrogens is 2. The zero-order valence-electron chi connectivity index (χ0n) is 12.1. The van der Waals surface area contributed by atoms with Crippen LogP contribution in [0.3, 0.4) is 0 Å². The molecule has 1 aliphatic heterocycles. The van der Waals surface area contributed by atoms with Crippen molar-refractivity contribution < 1.29 is 0 Å². The largest absolute Gasteiger partial charge is 0.383 e. The maximum atomic E-state index is 6.31. The molecular formula is C15H19N3S3. The topological polar surface area (TPSA) is 51.8 Å². The van der Waals surface area contributed by atoms with Crippen molar-refractivity contribution in [2.45, 2.75) is 43.1 Å². The summed E-state index contributed by atoms with van der Waals surface area (Å²) in [7, 11) is 0. The van der Waals surface area contributed by atoms with Gasteiger partial charge in [0.2, 0.25) is 0 Å². The predicted molar refractivity (Wildman–Crippen MR) is 95.6 cm³/mol. The van der Waals surface area contributed by atoms with Gasteiger partial charge in [0.1, 0.15) is 16.5 Å². The Kier molecular flexibility index (Phi) is 3.79. The molecule has 2 unspecified atom stereocenters. The van der Waals surface area contributed by atoms with E-state index in [-0.39, 0.29) is 0 Å². The average Bonchev–Trinajstić information content (AvgIpc) is 3.07. The number of thiophene rings is 1. The lowest BCUT2D eigenvalue weighted by Gasteiger charge is -2.28. The fourth-order valence-electron chi connectivity index (χ4n) is 3.31. The van der Waals surface area contributed by atoms with Gasteiger partial charge in [0.25, 0.3) is 0 Å². The first-order valence-electron chi connectivity index (χ1n) is 7.58. The summed E-state index contributed by atoms with van der Waals surface area (Å²) in [6, 6.07) is 0. The van der Waals surface area contributed by atoms with E-state index in [9.17, 15) is 0 Å². The number of anilines is 1. The van der Waals surface area contributed by atoms with Crippen molar-refractivity contribution in [2.24, 2.45) is 0 Å². The minimum atomic E-state index is 0.400. The monoisotopic (exact) mass is 337 g/mol. The van der Waals surface area contributed by atoms with Crippen LogP contribution in [0.4, 0.5) is 5.82 Å². The van der Waals surface area contributed by atoms with E-state index in [0.29, 0.717) is 16.3 Å². The van der Waals surface area contributed by atoms with Crippen LogP contribution in [0.15, 0.2) is 0 Å². The molecule has 1 aliphatic carbocycles. The smallest absolute Gasteiger partial charge is 0.146 e. The van der Waals surface area contributed by atoms with Crippen LogP contribution in [-0.2, 0) is 12.8 Å². The van der Waals surface area contributed by atoms with Crippen molar-refractivity contribution in [1.29, 1.82) is 0 Å². The molecule has 0 radical (unpaired) electrons. The van der Waals surface area contributed by atoms with E-state index >= 15 is 0 Å². The minimum absolute atomic E-state index is 0.400. The van der Waals surface area contributed by atoms with E-state index in [4.69, 9.17) is 15.7 Å². The SMILES string of the molecule is CCC1SCCSC1c1nc(N)c2c3c(sc2n1)CCC3. The maximum Gasteiger partial charge on any atom is 0.146 e. The highest BCUT2D eigenvalue weighted by Crippen LogP contribution is 2.45. The highest BCUT2D eigenvalue weighted by molar-refractivity contribution is 8.06. The van der Waals surface area contributed by atoms with Gasteiger partial charge in [0, 0.05) is 21.6 Å². The summed E-state index contributed by atoms with van der Waals surface area (Å²) >= 11 is 5.90. The van der Waals surface area contributed by atoms with Crippen molar-refractivity contribution in [3.63, 3.8) is 0 Å². The number of aryl methyl sites for hydroxylation is 2. The number of nitrogen functional groups attached to an aromatic ring is 1. The van der Waals surface area contributed by atoms with Crippen molar-refractivity contribution >= 4 is 50.9 Å². The Balaban J connectivity index is 1.79. The molecule has 0 aromatic carbocycles. The van der Waals surface area contributed by atoms with Crippen LogP contribution < -0.4 is 5.73 Å². The van der Waals surface area contributed by atoms with Gasteiger partial charge in [-0.15, -0.1) is 23.1 Å². The van der Waals surface area contributed by atoms with E-state index in [0.717, 1.165) is 22.5 Å². The molecule has 2 aromatic rings. The summed E-state index contributed by atoms with van der Waals surface area (Å²) < 4.78 is 0. The van der Waals surface area contributed by atoms with Gasteiger partial charge in [-0.05, 0) is 31.2 Å². The molecule has 21 heavy (non-hydrogen) atoms. The summed E-state index contributed by atoms with van der Waals surface area (Å²) in [6.45, 7) is 2.26. The Morgan fingerprint density at radius 3 is 2.90 bits per heavy atom. The van der Waals surface area contributed by atoms with E-state index in [1.807, 2.05) is 23.1 Å². The molecule has 0 spiro atoms. The zero-order chi connectivity index (χ0) is 14.4. The van der Waals surface area contributed by atoms with Gasteiger partial charge in [-0.2, -0.15) is 11.8 Å². The summed E-state index contributed by atoms with van der Waals surface area (Å²) in [6.07, 6.45) is 4.76. The van der Waals surface area contributed by atoms with Crippen LogP contribution in [-0.4, -0.2) is 26.7 Å². The van der Waals surface area contributed by atoms with Gasteiger partial charge in [0.05, 0.1) is 10.6 Å². The quantitative estimate of drug-likeness (QED) is 0.895. The van der Waals surface area contributed by atoms with Crippen LogP contribution in [0, 0.1) is 0 Å². The van der Waals surface area contributed by atoms with Crippen molar-refractivity contribution in [2.75, 3.05) is 17.2 Å². The summed E-state index contributed by atoms with van der Waals surface area (Å²) in [5.74, 6) is 4.10. The van der Waals surface area contributed by atoms with Gasteiger partial charge < -0.3 is 5.73 Å². The van der Waals surface area contributed by atoms with E-state index in [2.05, 4.69) is 18.7 Å². The number of hydrogen-bond acceptors (Lipinski definition) is 6. The second-order valence-electron chi connectivity index (χ2n) is 5.61. The molecule has 1 saturated heterocycles. The third-order valence-corrected chi connectivity index (χ3v) is 8.75. The predicted octanol–water partition coefficient (Wildman–Crippen LogP) is 4.06. The van der Waals surface area contributed by atoms with Gasteiger partial charge in [-0.25, -0.2) is 9.97 Å². The lowest BCUT2D eigenvalue weighted by atomic mass is 10.2. The summed E-state index contributed by atoms with van der Waals surface area (Å²) in [5.41, 5.74) is 7.74. The first-order chi connectivity index (χ1) is 10.3. The van der Waals surface area contributed by atoms with E-state index in [1.165, 1.54) is 41.2 Å². The maximum absolute atomic E-state index is 6.31. The molecule has 0 saturated carbocycles. The number of hydrogen-bond donors (Lipinski definition) is 1. The summed E-state index contributed by atoms with van der Waals surface area (Å²) in [4.78, 5) is 12.2. The molecule has 0 bridgehead atoms. The molecular weight excluding hydrogens is 318 g/mol. The number of thioether (sulfide) groups is 2. The van der Waals surface area contributed by atoms with Crippen LogP contribution in [0.1, 0.15) is 41.3 Å². The molecule has 1 fully saturated rings. The van der Waals surface area contributed by atoms with Gasteiger partial charge in [0.15, 0.2) is 0 Å². The molecule has 2 aliphatic rings. The Labute approximate surface area is 137 Å². The molecule has 2 atom stereocenters. The lowest BCUT2D eigenvalue weighted by Crippen LogP contribution is -2.20. The van der Waals surface area contributed by atoms with Crippen LogP contribution in [0.25, 0.3) is 10.2 Å². The fraction of sp³-hybridized carbons (Fsp3) is 0.600. The molecule has 0 amide bonds. The molecule has 112 valence electrons. The van der Waals surface area contributed by atoms with Gasteiger partial charge in [-0.3, -0.25) is 0 Å². The van der Waals surface area contributed by atoms with Crippen molar-refractivity contribution in [3.05, 3.63) is 16.3 Å². The van der Waals surface area contributed by atoms with Crippen molar-refractivity contribution in [3.8, 4) is 0 Å². The average molecular weight is 338 g/mol. The normalized spacial score (nSPS) is 25.4. The number of nitrogens with zero attached hydrogens (tertiary/aromatic N) is 2. The van der Waals surface area contributed by atoms with Crippen LogP contribution in [0.2, 0.25) is 0 Å². The third kappa shape index (κ3) is 2.35. The Bertz CT molecular complexity index is 682. The van der Waals surface area contributed by atoms with Crippen LogP contribution >= 0.6 is 34.9 Å². The molecule has 4 rings (SSSR count). The van der Waals surface area contributed by atoms with Gasteiger partial charge in [-0.1, -0.05) is 6.92 Å². The molecule has 2 N–H and O–H groups in total. The summed E-state index contributed by atoms with van der Waals surface area (Å²) in [5, 5.41) is 2.17. The Morgan fingerprint density at radius 1 is 1.19 bits per heavy atom. The van der Waals surface area contributed by atoms with E-state index < -0.39 is 0 Å². The van der Waals surface area contributed by atoms with Crippen molar-refractivity contribution in [1.82, 2.24) is 9.97 Å². The fourth-order valence-corrected chi connectivity index (χ4v) is 7.58. The zero-order valence-corrected chi connectivity index (χ0v) is 14.5. The van der Waals surface area contributed by atoms with E-state index in [1.54, 1.807) is 0 Å². The molecule has 6 heteroatoms. The highest BCUT2D eigenvalue weighted by atomic mass is 32.2. The number of fused-ring (bicyclic) bond motifs is 3. The number of nitrogens with two attached hydrogens (primary N) is 1. The Morgan fingerprint density at radius 2 is 2.05 bits per heavy atom. The second kappa shape index (κ2) is 5.63. The lowest BCUT2D eigenvalue weighted by molar-refractivity contribution is 0.756. The second-order valence-corrected chi connectivity index (χ2v) is 9.29. The first-order valence-corrected chi connectivity index (χ1v) is 10.5. The first kappa shape index (κ1) is 14.2. The highest BCUT2D eigenvalue weighted by Gasteiger charge is 2.30. The number of rotatable bonds is 2. The van der Waals surface area contributed by atoms with Gasteiger partial charge >= 0.3 is 0 Å². The molecule has 2 aromatic heterocycles. The molecule has 3 heterocycles. The standard InChI is InChI=1S/C15H19N3S3/c1-2-9-12(20-7-6-19-9)14-17-13(16)11-8-4-3-5-10(8)21-15(11)18-14/h9,12H,2-7H2,1H3,(H2,16,17,18). The van der Waals surface area contributed by atoms with Crippen LogP contribution in [0.5, 0.6) is 0 Å².